The minimum atomic E-state index is -0.292. The van der Waals surface area contributed by atoms with E-state index < -0.39 is 0 Å². The van der Waals surface area contributed by atoms with Crippen LogP contribution in [0, 0.1) is 0 Å². The van der Waals surface area contributed by atoms with Crippen LogP contribution in [0.1, 0.15) is 87.1 Å². The molecule has 0 aromatic heterocycles. The smallest absolute Gasteiger partial charge is 0.254 e. The first kappa shape index (κ1) is 21.3. The SMILES string of the molecule is CCCCCCCCCCc1ccc(C(=O)N2CCC[C@H]2/C(N)=N/O)cc1. The summed E-state index contributed by atoms with van der Waals surface area (Å²) in [6.45, 7) is 2.90. The van der Waals surface area contributed by atoms with Gasteiger partial charge in [-0.2, -0.15) is 0 Å². The Morgan fingerprint density at radius 1 is 1.11 bits per heavy atom. The fourth-order valence-corrected chi connectivity index (χ4v) is 3.83. The van der Waals surface area contributed by atoms with Gasteiger partial charge in [-0.1, -0.05) is 69.2 Å². The monoisotopic (exact) mass is 373 g/mol. The van der Waals surface area contributed by atoms with E-state index >= 15 is 0 Å². The summed E-state index contributed by atoms with van der Waals surface area (Å²) in [5.41, 5.74) is 7.69. The van der Waals surface area contributed by atoms with Crippen molar-refractivity contribution in [1.29, 1.82) is 0 Å². The Labute approximate surface area is 163 Å². The molecule has 150 valence electrons. The topological polar surface area (TPSA) is 78.9 Å². The Morgan fingerprint density at radius 2 is 1.74 bits per heavy atom. The van der Waals surface area contributed by atoms with E-state index in [1.165, 1.54) is 56.9 Å². The van der Waals surface area contributed by atoms with Gasteiger partial charge in [-0.05, 0) is 43.4 Å². The van der Waals surface area contributed by atoms with Gasteiger partial charge >= 0.3 is 0 Å². The van der Waals surface area contributed by atoms with Crippen LogP contribution in [-0.4, -0.2) is 34.4 Å². The number of rotatable bonds is 11. The molecule has 2 rings (SSSR count). The van der Waals surface area contributed by atoms with Crippen LogP contribution in [0.4, 0.5) is 0 Å². The standard InChI is InChI=1S/C22H35N3O2/c1-2-3-4-5-6-7-8-9-11-18-13-15-19(16-14-18)22(26)25-17-10-12-20(25)21(23)24-27/h13-16,20,27H,2-12,17H2,1H3,(H2,23,24)/t20-/m0/s1. The summed E-state index contributed by atoms with van der Waals surface area (Å²) < 4.78 is 0. The molecule has 5 heteroatoms. The Morgan fingerprint density at radius 3 is 2.37 bits per heavy atom. The van der Waals surface area contributed by atoms with Gasteiger partial charge in [0.25, 0.3) is 5.91 Å². The third-order valence-electron chi connectivity index (χ3n) is 5.49. The zero-order valence-electron chi connectivity index (χ0n) is 16.7. The van der Waals surface area contributed by atoms with Crippen molar-refractivity contribution in [2.75, 3.05) is 6.54 Å². The third kappa shape index (κ3) is 6.56. The van der Waals surface area contributed by atoms with Crippen LogP contribution in [0.2, 0.25) is 0 Å². The lowest BCUT2D eigenvalue weighted by atomic mass is 10.0. The number of hydrogen-bond donors (Lipinski definition) is 2. The van der Waals surface area contributed by atoms with E-state index in [1.54, 1.807) is 4.90 Å². The van der Waals surface area contributed by atoms with Gasteiger partial charge in [0.2, 0.25) is 0 Å². The molecule has 1 aliphatic heterocycles. The molecule has 1 amide bonds. The number of aryl methyl sites for hydroxylation is 1. The van der Waals surface area contributed by atoms with Gasteiger partial charge in [0.05, 0.1) is 6.04 Å². The van der Waals surface area contributed by atoms with Crippen molar-refractivity contribution in [1.82, 2.24) is 4.90 Å². The number of nitrogens with two attached hydrogens (primary N) is 1. The van der Waals surface area contributed by atoms with Gasteiger partial charge in [0, 0.05) is 12.1 Å². The second-order valence-corrected chi connectivity index (χ2v) is 7.60. The molecule has 0 unspecified atom stereocenters. The highest BCUT2D eigenvalue weighted by Gasteiger charge is 2.32. The normalized spacial score (nSPS) is 17.4. The molecule has 0 bridgehead atoms. The molecule has 1 aliphatic rings. The second kappa shape index (κ2) is 11.6. The maximum absolute atomic E-state index is 12.7. The molecule has 1 heterocycles. The molecule has 0 spiro atoms. The molecule has 0 radical (unpaired) electrons. The number of likely N-dealkylation sites (tertiary alicyclic amines) is 1. The van der Waals surface area contributed by atoms with E-state index in [0.717, 1.165) is 19.3 Å². The van der Waals surface area contributed by atoms with Crippen molar-refractivity contribution in [2.45, 2.75) is 83.6 Å². The molecule has 1 aromatic carbocycles. The average molecular weight is 374 g/mol. The van der Waals surface area contributed by atoms with Crippen molar-refractivity contribution >= 4 is 11.7 Å². The quantitative estimate of drug-likeness (QED) is 0.194. The van der Waals surface area contributed by atoms with Crippen molar-refractivity contribution in [3.05, 3.63) is 35.4 Å². The molecule has 27 heavy (non-hydrogen) atoms. The van der Waals surface area contributed by atoms with Gasteiger partial charge < -0.3 is 15.8 Å². The molecular weight excluding hydrogens is 338 g/mol. The highest BCUT2D eigenvalue weighted by atomic mass is 16.4. The molecule has 1 saturated heterocycles. The van der Waals surface area contributed by atoms with Crippen molar-refractivity contribution in [3.8, 4) is 0 Å². The van der Waals surface area contributed by atoms with E-state index in [9.17, 15) is 4.79 Å². The van der Waals surface area contributed by atoms with Gasteiger partial charge in [-0.15, -0.1) is 0 Å². The lowest BCUT2D eigenvalue weighted by Gasteiger charge is -2.23. The van der Waals surface area contributed by atoms with E-state index in [4.69, 9.17) is 10.9 Å². The first-order valence-electron chi connectivity index (χ1n) is 10.5. The van der Waals surface area contributed by atoms with Crippen molar-refractivity contribution < 1.29 is 10.0 Å². The molecule has 1 atom stereocenters. The maximum Gasteiger partial charge on any atom is 0.254 e. The van der Waals surface area contributed by atoms with Crippen LogP contribution in [0.25, 0.3) is 0 Å². The second-order valence-electron chi connectivity index (χ2n) is 7.60. The predicted octanol–water partition coefficient (Wildman–Crippen LogP) is 4.72. The molecular formula is C22H35N3O2. The molecule has 5 nitrogen and oxygen atoms in total. The number of oxime groups is 1. The van der Waals surface area contributed by atoms with Gasteiger partial charge in [0.15, 0.2) is 5.84 Å². The lowest BCUT2D eigenvalue weighted by Crippen LogP contribution is -2.43. The number of amidine groups is 1. The van der Waals surface area contributed by atoms with E-state index in [1.807, 2.05) is 12.1 Å². The van der Waals surface area contributed by atoms with Gasteiger partial charge in [0.1, 0.15) is 0 Å². The number of nitrogens with zero attached hydrogens (tertiary/aromatic N) is 2. The van der Waals surface area contributed by atoms with Crippen LogP contribution < -0.4 is 5.73 Å². The minimum absolute atomic E-state index is 0.0391. The molecule has 0 aliphatic carbocycles. The summed E-state index contributed by atoms with van der Waals surface area (Å²) in [4.78, 5) is 14.4. The fraction of sp³-hybridized carbons (Fsp3) is 0.636. The first-order valence-corrected chi connectivity index (χ1v) is 10.5. The average Bonchev–Trinajstić information content (AvgIpc) is 3.19. The zero-order chi connectivity index (χ0) is 19.5. The fourth-order valence-electron chi connectivity index (χ4n) is 3.83. The van der Waals surface area contributed by atoms with Crippen LogP contribution in [0.15, 0.2) is 29.4 Å². The van der Waals surface area contributed by atoms with Gasteiger partial charge in [-0.3, -0.25) is 4.79 Å². The van der Waals surface area contributed by atoms with E-state index in [-0.39, 0.29) is 17.8 Å². The molecule has 0 saturated carbocycles. The number of hydrogen-bond acceptors (Lipinski definition) is 3. The van der Waals surface area contributed by atoms with E-state index in [2.05, 4.69) is 24.2 Å². The van der Waals surface area contributed by atoms with Crippen molar-refractivity contribution in [3.63, 3.8) is 0 Å². The van der Waals surface area contributed by atoms with Crippen LogP contribution >= 0.6 is 0 Å². The molecule has 1 fully saturated rings. The highest BCUT2D eigenvalue weighted by molar-refractivity contribution is 5.98. The van der Waals surface area contributed by atoms with Crippen LogP contribution in [0.5, 0.6) is 0 Å². The summed E-state index contributed by atoms with van der Waals surface area (Å²) in [5, 5.41) is 12.0. The first-order chi connectivity index (χ1) is 13.2. The van der Waals surface area contributed by atoms with Crippen LogP contribution in [-0.2, 0) is 6.42 Å². The summed E-state index contributed by atoms with van der Waals surface area (Å²) in [7, 11) is 0. The third-order valence-corrected chi connectivity index (χ3v) is 5.49. The Hall–Kier alpha value is -2.04. The number of unbranched alkanes of at least 4 members (excludes halogenated alkanes) is 7. The number of benzene rings is 1. The Bertz CT molecular complexity index is 598. The number of carbonyl (C=O) groups excluding carboxylic acids is 1. The molecule has 3 N–H and O–H groups in total. The van der Waals surface area contributed by atoms with E-state index in [0.29, 0.717) is 12.1 Å². The zero-order valence-corrected chi connectivity index (χ0v) is 16.7. The highest BCUT2D eigenvalue weighted by Crippen LogP contribution is 2.21. The maximum atomic E-state index is 12.7. The largest absolute Gasteiger partial charge is 0.409 e. The van der Waals surface area contributed by atoms with Crippen molar-refractivity contribution in [2.24, 2.45) is 10.9 Å². The van der Waals surface area contributed by atoms with Gasteiger partial charge in [-0.25, -0.2) is 0 Å². The predicted molar refractivity (Wildman–Crippen MR) is 110 cm³/mol. The minimum Gasteiger partial charge on any atom is -0.409 e. The van der Waals surface area contributed by atoms with Crippen LogP contribution in [0.3, 0.4) is 0 Å². The summed E-state index contributed by atoms with van der Waals surface area (Å²) in [6, 6.07) is 7.64. The Balaban J connectivity index is 1.75. The summed E-state index contributed by atoms with van der Waals surface area (Å²) >= 11 is 0. The summed E-state index contributed by atoms with van der Waals surface area (Å²) in [6.07, 6.45) is 13.3. The lowest BCUT2D eigenvalue weighted by molar-refractivity contribution is 0.0768. The molecule has 1 aromatic rings. The number of carbonyl (C=O) groups is 1. The Kier molecular flexibility index (Phi) is 9.16. The number of amides is 1. The summed E-state index contributed by atoms with van der Waals surface area (Å²) in [5.74, 6) is 0.0786.